The third kappa shape index (κ3) is 12.9. The van der Waals surface area contributed by atoms with E-state index in [2.05, 4.69) is 93.5 Å². The molecule has 0 aliphatic carbocycles. The van der Waals surface area contributed by atoms with E-state index in [1.165, 1.54) is 0 Å². The fraction of sp³-hybridized carbons (Fsp3) is 0.692. The minimum Gasteiger partial charge on any atom is -0.376 e. The topological polar surface area (TPSA) is 43.2 Å². The predicted molar refractivity (Wildman–Crippen MR) is 130 cm³/mol. The SMILES string of the molecule is CC(C)(CCOC(C)(C)C)N=Cc1ccc(C=NC(C)(C)CCOC(C)(C)C)cc1. The molecular formula is C26H44N2O2. The number of hydrogen-bond donors (Lipinski definition) is 0. The summed E-state index contributed by atoms with van der Waals surface area (Å²) in [6.45, 7) is 22.4. The van der Waals surface area contributed by atoms with Gasteiger partial charge in [-0.1, -0.05) is 24.3 Å². The molecule has 30 heavy (non-hydrogen) atoms. The second kappa shape index (κ2) is 10.7. The number of ether oxygens (including phenoxy) is 2. The smallest absolute Gasteiger partial charge is 0.0598 e. The Morgan fingerprint density at radius 2 is 0.900 bits per heavy atom. The van der Waals surface area contributed by atoms with Gasteiger partial charge in [-0.05, 0) is 93.2 Å². The Hall–Kier alpha value is -1.52. The highest BCUT2D eigenvalue weighted by Gasteiger charge is 2.19. The van der Waals surface area contributed by atoms with E-state index in [1.807, 2.05) is 12.4 Å². The fourth-order valence-electron chi connectivity index (χ4n) is 2.51. The molecule has 0 N–H and O–H groups in total. The van der Waals surface area contributed by atoms with Gasteiger partial charge in [0.05, 0.1) is 22.3 Å². The molecule has 4 nitrogen and oxygen atoms in total. The molecule has 0 fully saturated rings. The summed E-state index contributed by atoms with van der Waals surface area (Å²) >= 11 is 0. The van der Waals surface area contributed by atoms with E-state index in [1.54, 1.807) is 0 Å². The van der Waals surface area contributed by atoms with Crippen molar-refractivity contribution in [3.8, 4) is 0 Å². The van der Waals surface area contributed by atoms with E-state index in [9.17, 15) is 0 Å². The molecule has 0 atom stereocenters. The third-order valence-electron chi connectivity index (χ3n) is 4.56. The zero-order chi connectivity index (χ0) is 23.1. The zero-order valence-electron chi connectivity index (χ0n) is 21.0. The van der Waals surface area contributed by atoms with Crippen molar-refractivity contribution in [2.24, 2.45) is 9.98 Å². The van der Waals surface area contributed by atoms with Gasteiger partial charge in [0.1, 0.15) is 0 Å². The van der Waals surface area contributed by atoms with Gasteiger partial charge in [-0.15, -0.1) is 0 Å². The van der Waals surface area contributed by atoms with Crippen LogP contribution in [0.4, 0.5) is 0 Å². The van der Waals surface area contributed by atoms with E-state index in [0.717, 1.165) is 24.0 Å². The first-order valence-electron chi connectivity index (χ1n) is 11.1. The van der Waals surface area contributed by atoms with Crippen molar-refractivity contribution in [2.45, 2.75) is 104 Å². The molecule has 0 heterocycles. The lowest BCUT2D eigenvalue weighted by Crippen LogP contribution is -2.25. The van der Waals surface area contributed by atoms with Crippen LogP contribution in [0.2, 0.25) is 0 Å². The third-order valence-corrected chi connectivity index (χ3v) is 4.56. The molecular weight excluding hydrogens is 372 g/mol. The van der Waals surface area contributed by atoms with Crippen LogP contribution in [0.15, 0.2) is 34.3 Å². The molecule has 0 saturated heterocycles. The van der Waals surface area contributed by atoms with Crippen LogP contribution in [0.25, 0.3) is 0 Å². The molecule has 0 aliphatic rings. The van der Waals surface area contributed by atoms with Gasteiger partial charge < -0.3 is 9.47 Å². The summed E-state index contributed by atoms with van der Waals surface area (Å²) in [5, 5.41) is 0. The molecule has 0 unspecified atom stereocenters. The second-order valence-corrected chi connectivity index (χ2v) is 11.2. The van der Waals surface area contributed by atoms with Gasteiger partial charge in [0.15, 0.2) is 0 Å². The molecule has 170 valence electrons. The molecule has 0 aromatic heterocycles. The Kier molecular flexibility index (Phi) is 9.44. The quantitative estimate of drug-likeness (QED) is 0.409. The predicted octanol–water partition coefficient (Wildman–Crippen LogP) is 6.49. The summed E-state index contributed by atoms with van der Waals surface area (Å²) < 4.78 is 11.7. The lowest BCUT2D eigenvalue weighted by Gasteiger charge is -2.24. The highest BCUT2D eigenvalue weighted by atomic mass is 16.5. The fourth-order valence-corrected chi connectivity index (χ4v) is 2.51. The minimum absolute atomic E-state index is 0.106. The van der Waals surface area contributed by atoms with Crippen molar-refractivity contribution >= 4 is 12.4 Å². The molecule has 1 aromatic carbocycles. The van der Waals surface area contributed by atoms with Gasteiger partial charge in [0.2, 0.25) is 0 Å². The first-order chi connectivity index (χ1) is 13.6. The Morgan fingerprint density at radius 1 is 0.600 bits per heavy atom. The Morgan fingerprint density at radius 3 is 1.17 bits per heavy atom. The monoisotopic (exact) mass is 416 g/mol. The summed E-state index contributed by atoms with van der Waals surface area (Å²) in [6.07, 6.45) is 5.68. The first-order valence-corrected chi connectivity index (χ1v) is 11.1. The van der Waals surface area contributed by atoms with Crippen LogP contribution >= 0.6 is 0 Å². The van der Waals surface area contributed by atoms with Crippen LogP contribution in [-0.2, 0) is 9.47 Å². The largest absolute Gasteiger partial charge is 0.376 e. The van der Waals surface area contributed by atoms with Crippen LogP contribution in [0.1, 0.15) is 93.2 Å². The molecule has 1 rings (SSSR count). The van der Waals surface area contributed by atoms with E-state index in [0.29, 0.717) is 13.2 Å². The van der Waals surface area contributed by atoms with Gasteiger partial charge in [0, 0.05) is 25.6 Å². The van der Waals surface area contributed by atoms with Crippen molar-refractivity contribution in [3.63, 3.8) is 0 Å². The highest BCUT2D eigenvalue weighted by molar-refractivity contribution is 5.84. The molecule has 1 aromatic rings. The number of hydrogen-bond acceptors (Lipinski definition) is 4. The van der Waals surface area contributed by atoms with Crippen molar-refractivity contribution in [1.29, 1.82) is 0 Å². The maximum absolute atomic E-state index is 5.83. The van der Waals surface area contributed by atoms with Crippen molar-refractivity contribution in [1.82, 2.24) is 0 Å². The number of rotatable bonds is 10. The number of benzene rings is 1. The summed E-state index contributed by atoms with van der Waals surface area (Å²) in [4.78, 5) is 9.52. The molecule has 0 amide bonds. The maximum Gasteiger partial charge on any atom is 0.0598 e. The zero-order valence-corrected chi connectivity index (χ0v) is 21.0. The van der Waals surface area contributed by atoms with Crippen LogP contribution in [0, 0.1) is 0 Å². The van der Waals surface area contributed by atoms with E-state index < -0.39 is 0 Å². The summed E-state index contributed by atoms with van der Waals surface area (Å²) in [5.74, 6) is 0. The average molecular weight is 417 g/mol. The van der Waals surface area contributed by atoms with Crippen LogP contribution < -0.4 is 0 Å². The van der Waals surface area contributed by atoms with Crippen molar-refractivity contribution in [2.75, 3.05) is 13.2 Å². The van der Waals surface area contributed by atoms with Gasteiger partial charge in [0.25, 0.3) is 0 Å². The van der Waals surface area contributed by atoms with Gasteiger partial charge >= 0.3 is 0 Å². The maximum atomic E-state index is 5.83. The molecule has 0 aliphatic heterocycles. The van der Waals surface area contributed by atoms with Crippen molar-refractivity contribution < 1.29 is 9.47 Å². The highest BCUT2D eigenvalue weighted by Crippen LogP contribution is 2.18. The average Bonchev–Trinajstić information content (AvgIpc) is 2.56. The van der Waals surface area contributed by atoms with Gasteiger partial charge in [-0.25, -0.2) is 0 Å². The van der Waals surface area contributed by atoms with Crippen LogP contribution in [0.3, 0.4) is 0 Å². The summed E-state index contributed by atoms with van der Waals surface area (Å²) in [6, 6.07) is 8.34. The Labute approximate surface area is 185 Å². The lowest BCUT2D eigenvalue weighted by molar-refractivity contribution is -0.00971. The standard InChI is InChI=1S/C26H44N2O2/c1-23(2,3)29-17-15-25(7,8)27-19-21-11-13-22(14-12-21)20-28-26(9,10)16-18-30-24(4,5)6/h11-14,19-20H,15-18H2,1-10H3. The Bertz CT molecular complexity index is 626. The van der Waals surface area contributed by atoms with Crippen LogP contribution in [0.5, 0.6) is 0 Å². The summed E-state index contributed by atoms with van der Waals surface area (Å²) in [5.41, 5.74) is 1.68. The van der Waals surface area contributed by atoms with E-state index in [-0.39, 0.29) is 22.3 Å². The first kappa shape index (κ1) is 26.5. The molecule has 0 spiro atoms. The van der Waals surface area contributed by atoms with E-state index in [4.69, 9.17) is 19.5 Å². The number of nitrogens with zero attached hydrogens (tertiary/aromatic N) is 2. The molecule has 4 heteroatoms. The molecule has 0 saturated carbocycles. The lowest BCUT2D eigenvalue weighted by atomic mass is 10.0. The van der Waals surface area contributed by atoms with Crippen LogP contribution in [-0.4, -0.2) is 47.9 Å². The normalized spacial score (nSPS) is 14.2. The minimum atomic E-state index is -0.148. The Balaban J connectivity index is 2.59. The van der Waals surface area contributed by atoms with Gasteiger partial charge in [-0.3, -0.25) is 9.98 Å². The van der Waals surface area contributed by atoms with E-state index >= 15 is 0 Å². The number of aliphatic imine (C=N–C) groups is 2. The van der Waals surface area contributed by atoms with Crippen molar-refractivity contribution in [3.05, 3.63) is 35.4 Å². The molecule has 0 radical (unpaired) electrons. The van der Waals surface area contributed by atoms with Gasteiger partial charge in [-0.2, -0.15) is 0 Å². The summed E-state index contributed by atoms with van der Waals surface area (Å²) in [7, 11) is 0. The molecule has 0 bridgehead atoms. The second-order valence-electron chi connectivity index (χ2n) is 11.2.